The number of aryl methyl sites for hydroxylation is 1. The zero-order valence-corrected chi connectivity index (χ0v) is 13.4. The largest absolute Gasteiger partial charge is 0.338 e. The van der Waals surface area contributed by atoms with Crippen LogP contribution in [-0.2, 0) is 7.05 Å². The van der Waals surface area contributed by atoms with E-state index in [9.17, 15) is 4.79 Å². The third-order valence-electron chi connectivity index (χ3n) is 3.61. The molecular formula is C15H24N4OS. The SMILES string of the molecule is C=CCCCCNC(=O)N1CCSCC1c1cnn(C)c1. The number of nitrogens with zero attached hydrogens (tertiary/aromatic N) is 3. The molecule has 1 aliphatic heterocycles. The maximum Gasteiger partial charge on any atom is 0.317 e. The minimum Gasteiger partial charge on any atom is -0.338 e. The van der Waals surface area contributed by atoms with E-state index in [0.717, 1.165) is 49.4 Å². The standard InChI is InChI=1S/C15H24N4OS/c1-3-4-5-6-7-16-15(20)19-8-9-21-12-14(19)13-10-17-18(2)11-13/h3,10-11,14H,1,4-9,12H2,2H3,(H,16,20). The smallest absolute Gasteiger partial charge is 0.317 e. The summed E-state index contributed by atoms with van der Waals surface area (Å²) in [6, 6.07) is 0.174. The maximum atomic E-state index is 12.4. The van der Waals surface area contributed by atoms with Gasteiger partial charge in [0.2, 0.25) is 0 Å². The fourth-order valence-electron chi connectivity index (χ4n) is 2.45. The summed E-state index contributed by atoms with van der Waals surface area (Å²) < 4.78 is 1.79. The molecule has 0 saturated carbocycles. The molecule has 21 heavy (non-hydrogen) atoms. The summed E-state index contributed by atoms with van der Waals surface area (Å²) in [5, 5.41) is 7.26. The average molecular weight is 308 g/mol. The van der Waals surface area contributed by atoms with Gasteiger partial charge < -0.3 is 10.2 Å². The van der Waals surface area contributed by atoms with Gasteiger partial charge in [-0.05, 0) is 19.3 Å². The zero-order chi connectivity index (χ0) is 15.1. The molecule has 1 unspecified atom stereocenters. The molecule has 0 radical (unpaired) electrons. The molecule has 0 aliphatic carbocycles. The molecule has 2 amide bonds. The number of unbranched alkanes of at least 4 members (excludes halogenated alkanes) is 2. The van der Waals surface area contributed by atoms with E-state index in [4.69, 9.17) is 0 Å². The van der Waals surface area contributed by atoms with Crippen molar-refractivity contribution in [2.24, 2.45) is 7.05 Å². The number of urea groups is 1. The second kappa shape index (κ2) is 8.12. The van der Waals surface area contributed by atoms with E-state index in [1.54, 1.807) is 4.68 Å². The van der Waals surface area contributed by atoms with Crippen molar-refractivity contribution in [3.05, 3.63) is 30.6 Å². The number of carbonyl (C=O) groups is 1. The molecular weight excluding hydrogens is 284 g/mol. The second-order valence-electron chi connectivity index (χ2n) is 5.25. The molecule has 2 rings (SSSR count). The lowest BCUT2D eigenvalue weighted by atomic mass is 10.1. The molecule has 0 aromatic carbocycles. The van der Waals surface area contributed by atoms with Crippen molar-refractivity contribution in [2.75, 3.05) is 24.6 Å². The first-order valence-electron chi connectivity index (χ1n) is 7.44. The number of hydrogen-bond donors (Lipinski definition) is 1. The Morgan fingerprint density at radius 1 is 1.62 bits per heavy atom. The normalized spacial score (nSPS) is 18.5. The van der Waals surface area contributed by atoms with E-state index in [-0.39, 0.29) is 12.1 Å². The number of rotatable bonds is 6. The van der Waals surface area contributed by atoms with Crippen LogP contribution in [0.25, 0.3) is 0 Å². The van der Waals surface area contributed by atoms with Gasteiger partial charge in [0, 0.05) is 43.4 Å². The maximum absolute atomic E-state index is 12.4. The van der Waals surface area contributed by atoms with Crippen LogP contribution in [0.3, 0.4) is 0 Å². The highest BCUT2D eigenvalue weighted by molar-refractivity contribution is 7.99. The summed E-state index contributed by atoms with van der Waals surface area (Å²) >= 11 is 1.89. The Hall–Kier alpha value is -1.43. The lowest BCUT2D eigenvalue weighted by molar-refractivity contribution is 0.182. The average Bonchev–Trinajstić information content (AvgIpc) is 2.93. The van der Waals surface area contributed by atoms with E-state index < -0.39 is 0 Å². The third-order valence-corrected chi connectivity index (χ3v) is 4.63. The Kier molecular flexibility index (Phi) is 6.17. The molecule has 1 aliphatic rings. The van der Waals surface area contributed by atoms with Gasteiger partial charge in [-0.25, -0.2) is 4.79 Å². The topological polar surface area (TPSA) is 50.2 Å². The van der Waals surface area contributed by atoms with Crippen molar-refractivity contribution in [2.45, 2.75) is 25.3 Å². The lowest BCUT2D eigenvalue weighted by Crippen LogP contribution is -2.46. The molecule has 1 N–H and O–H groups in total. The molecule has 1 aromatic heterocycles. The molecule has 0 bridgehead atoms. The summed E-state index contributed by atoms with van der Waals surface area (Å²) in [4.78, 5) is 14.3. The van der Waals surface area contributed by atoms with Gasteiger partial charge in [-0.1, -0.05) is 6.08 Å². The molecule has 6 heteroatoms. The van der Waals surface area contributed by atoms with Gasteiger partial charge in [-0.3, -0.25) is 4.68 Å². The van der Waals surface area contributed by atoms with Crippen LogP contribution in [0.1, 0.15) is 30.9 Å². The monoisotopic (exact) mass is 308 g/mol. The van der Waals surface area contributed by atoms with Crippen molar-refractivity contribution in [3.63, 3.8) is 0 Å². The van der Waals surface area contributed by atoms with Crippen LogP contribution >= 0.6 is 11.8 Å². The Balaban J connectivity index is 1.89. The summed E-state index contributed by atoms with van der Waals surface area (Å²) in [7, 11) is 1.91. The quantitative estimate of drug-likeness (QED) is 0.649. The van der Waals surface area contributed by atoms with E-state index in [2.05, 4.69) is 17.0 Å². The van der Waals surface area contributed by atoms with Crippen molar-refractivity contribution in [1.82, 2.24) is 20.0 Å². The van der Waals surface area contributed by atoms with E-state index >= 15 is 0 Å². The van der Waals surface area contributed by atoms with E-state index in [1.807, 2.05) is 42.2 Å². The van der Waals surface area contributed by atoms with Gasteiger partial charge in [0.15, 0.2) is 0 Å². The highest BCUT2D eigenvalue weighted by Gasteiger charge is 2.28. The van der Waals surface area contributed by atoms with E-state index in [0.29, 0.717) is 0 Å². The van der Waals surface area contributed by atoms with Crippen molar-refractivity contribution >= 4 is 17.8 Å². The van der Waals surface area contributed by atoms with Crippen LogP contribution in [0.5, 0.6) is 0 Å². The molecule has 5 nitrogen and oxygen atoms in total. The minimum atomic E-state index is 0.0442. The first-order chi connectivity index (χ1) is 10.2. The molecule has 1 fully saturated rings. The summed E-state index contributed by atoms with van der Waals surface area (Å²) in [5.41, 5.74) is 1.12. The number of hydrogen-bond acceptors (Lipinski definition) is 3. The van der Waals surface area contributed by atoms with Crippen LogP contribution in [-0.4, -0.2) is 45.3 Å². The fraction of sp³-hybridized carbons (Fsp3) is 0.600. The van der Waals surface area contributed by atoms with Crippen molar-refractivity contribution < 1.29 is 4.79 Å². The number of aromatic nitrogens is 2. The predicted molar refractivity (Wildman–Crippen MR) is 87.4 cm³/mol. The third kappa shape index (κ3) is 4.52. The number of amides is 2. The predicted octanol–water partition coefficient (Wildman–Crippen LogP) is 2.58. The van der Waals surface area contributed by atoms with Crippen LogP contribution in [0.4, 0.5) is 4.79 Å². The highest BCUT2D eigenvalue weighted by Crippen LogP contribution is 2.29. The highest BCUT2D eigenvalue weighted by atomic mass is 32.2. The summed E-state index contributed by atoms with van der Waals surface area (Å²) in [6.07, 6.45) is 8.86. The first-order valence-corrected chi connectivity index (χ1v) is 8.59. The van der Waals surface area contributed by atoms with Crippen LogP contribution < -0.4 is 5.32 Å². The first kappa shape index (κ1) is 15.9. The molecule has 2 heterocycles. The zero-order valence-electron chi connectivity index (χ0n) is 12.6. The molecule has 1 saturated heterocycles. The summed E-state index contributed by atoms with van der Waals surface area (Å²) in [5.74, 6) is 1.94. The van der Waals surface area contributed by atoms with Crippen LogP contribution in [0.15, 0.2) is 25.0 Å². The Morgan fingerprint density at radius 3 is 3.19 bits per heavy atom. The molecule has 116 valence electrons. The van der Waals surface area contributed by atoms with E-state index in [1.165, 1.54) is 0 Å². The van der Waals surface area contributed by atoms with Gasteiger partial charge in [-0.15, -0.1) is 6.58 Å². The molecule has 1 aromatic rings. The summed E-state index contributed by atoms with van der Waals surface area (Å²) in [6.45, 7) is 5.23. The lowest BCUT2D eigenvalue weighted by Gasteiger charge is -2.34. The number of nitrogens with one attached hydrogen (secondary N) is 1. The van der Waals surface area contributed by atoms with Gasteiger partial charge in [0.05, 0.1) is 12.2 Å². The Bertz CT molecular complexity index is 474. The number of allylic oxidation sites excluding steroid dienone is 1. The molecule has 0 spiro atoms. The van der Waals surface area contributed by atoms with Crippen LogP contribution in [0, 0.1) is 0 Å². The fourth-order valence-corrected chi connectivity index (χ4v) is 3.53. The number of carbonyl (C=O) groups excluding carboxylic acids is 1. The van der Waals surface area contributed by atoms with Crippen molar-refractivity contribution in [3.8, 4) is 0 Å². The van der Waals surface area contributed by atoms with Gasteiger partial charge in [0.1, 0.15) is 0 Å². The van der Waals surface area contributed by atoms with Gasteiger partial charge >= 0.3 is 6.03 Å². The second-order valence-corrected chi connectivity index (χ2v) is 6.40. The van der Waals surface area contributed by atoms with Crippen LogP contribution in [0.2, 0.25) is 0 Å². The Morgan fingerprint density at radius 2 is 2.48 bits per heavy atom. The van der Waals surface area contributed by atoms with Crippen molar-refractivity contribution in [1.29, 1.82) is 0 Å². The molecule has 1 atom stereocenters. The Labute approximate surface area is 130 Å². The number of thioether (sulfide) groups is 1. The van der Waals surface area contributed by atoms with Gasteiger partial charge in [0.25, 0.3) is 0 Å². The van der Waals surface area contributed by atoms with Gasteiger partial charge in [-0.2, -0.15) is 16.9 Å². The minimum absolute atomic E-state index is 0.0442.